The smallest absolute Gasteiger partial charge is 0.286 e. The summed E-state index contributed by atoms with van der Waals surface area (Å²) in [6.45, 7) is 0.259. The summed E-state index contributed by atoms with van der Waals surface area (Å²) in [5.41, 5.74) is 1.09. The number of rotatable bonds is 3. The Morgan fingerprint density at radius 1 is 1.45 bits per heavy atom. The summed E-state index contributed by atoms with van der Waals surface area (Å²) in [4.78, 5) is 28.0. The van der Waals surface area contributed by atoms with Gasteiger partial charge in [0.25, 0.3) is 11.8 Å². The Morgan fingerprint density at radius 2 is 2.27 bits per heavy atom. The molecule has 2 N–H and O–H groups in total. The zero-order valence-electron chi connectivity index (χ0n) is 11.2. The predicted molar refractivity (Wildman–Crippen MR) is 88.6 cm³/mol. The van der Waals surface area contributed by atoms with Gasteiger partial charge in [0.05, 0.1) is 5.71 Å². The first-order valence-electron chi connectivity index (χ1n) is 6.47. The van der Waals surface area contributed by atoms with Crippen molar-refractivity contribution in [2.75, 3.05) is 0 Å². The zero-order valence-corrected chi connectivity index (χ0v) is 13.6. The number of benzene rings is 1. The van der Waals surface area contributed by atoms with E-state index in [0.717, 1.165) is 10.0 Å². The van der Waals surface area contributed by atoms with Gasteiger partial charge in [-0.05, 0) is 29.2 Å². The third-order valence-corrected chi connectivity index (χ3v) is 4.76. The lowest BCUT2D eigenvalue weighted by Gasteiger charge is -2.18. The first-order chi connectivity index (χ1) is 10.6. The van der Waals surface area contributed by atoms with Crippen molar-refractivity contribution in [3.63, 3.8) is 0 Å². The zero-order chi connectivity index (χ0) is 15.7. The maximum atomic E-state index is 12.2. The molecule has 0 saturated carbocycles. The van der Waals surface area contributed by atoms with Gasteiger partial charge in [-0.2, -0.15) is 0 Å². The van der Waals surface area contributed by atoms with E-state index in [9.17, 15) is 14.7 Å². The van der Waals surface area contributed by atoms with Crippen molar-refractivity contribution in [3.05, 3.63) is 57.1 Å². The molecule has 22 heavy (non-hydrogen) atoms. The second-order valence-corrected chi connectivity index (χ2v) is 6.66. The van der Waals surface area contributed by atoms with E-state index in [4.69, 9.17) is 0 Å². The van der Waals surface area contributed by atoms with Gasteiger partial charge in [-0.15, -0.1) is 11.8 Å². The fourth-order valence-corrected chi connectivity index (χ4v) is 3.53. The van der Waals surface area contributed by atoms with Crippen LogP contribution in [0.15, 0.2) is 56.5 Å². The van der Waals surface area contributed by atoms with Crippen molar-refractivity contribution in [1.82, 2.24) is 5.32 Å². The van der Waals surface area contributed by atoms with Crippen LogP contribution in [0.5, 0.6) is 0 Å². The topological polar surface area (TPSA) is 78.8 Å². The van der Waals surface area contributed by atoms with E-state index in [1.54, 1.807) is 11.5 Å². The Labute approximate surface area is 139 Å². The van der Waals surface area contributed by atoms with E-state index in [-0.39, 0.29) is 17.9 Å². The van der Waals surface area contributed by atoms with E-state index in [1.807, 2.05) is 24.3 Å². The van der Waals surface area contributed by atoms with Crippen molar-refractivity contribution < 1.29 is 14.7 Å². The average molecular weight is 379 g/mol. The summed E-state index contributed by atoms with van der Waals surface area (Å²) >= 11 is 4.67. The second-order valence-electron chi connectivity index (χ2n) is 4.73. The molecule has 2 aliphatic rings. The molecule has 112 valence electrons. The Hall–Kier alpha value is -1.86. The largest absolute Gasteiger partial charge is 0.510 e. The minimum atomic E-state index is -0.706. The third kappa shape index (κ3) is 2.86. The third-order valence-electron chi connectivity index (χ3n) is 3.24. The number of nitrogens with zero attached hydrogens (tertiary/aromatic N) is 1. The van der Waals surface area contributed by atoms with Gasteiger partial charge in [0.15, 0.2) is 0 Å². The number of fused-ring (bicyclic) bond motifs is 1. The molecule has 7 heteroatoms. The van der Waals surface area contributed by atoms with Crippen LogP contribution in [0.25, 0.3) is 0 Å². The van der Waals surface area contributed by atoms with Crippen LogP contribution in [0, 0.1) is 0 Å². The molecule has 0 bridgehead atoms. The molecule has 0 saturated heterocycles. The number of aliphatic hydroxyl groups excluding tert-OH is 1. The number of amides is 2. The molecule has 2 heterocycles. The molecule has 1 aromatic rings. The number of carbonyl (C=O) groups excluding carboxylic acids is 2. The van der Waals surface area contributed by atoms with E-state index >= 15 is 0 Å². The highest BCUT2D eigenvalue weighted by molar-refractivity contribution is 9.10. The SMILES string of the molecule is O=C1N=C2C=CSC2C(O)=C1C(=O)NCc1cccc(Br)c1. The number of hydrogen-bond donors (Lipinski definition) is 2. The molecule has 0 fully saturated rings. The molecule has 0 radical (unpaired) electrons. The van der Waals surface area contributed by atoms with E-state index < -0.39 is 17.1 Å². The molecular formula is C15H11BrN2O3S. The summed E-state index contributed by atoms with van der Waals surface area (Å²) in [5.74, 6) is -1.54. The fraction of sp³-hybridized carbons (Fsp3) is 0.133. The van der Waals surface area contributed by atoms with E-state index in [2.05, 4.69) is 26.2 Å². The Balaban J connectivity index is 1.75. The van der Waals surface area contributed by atoms with Crippen molar-refractivity contribution in [2.45, 2.75) is 11.8 Å². The van der Waals surface area contributed by atoms with Crippen LogP contribution in [0.2, 0.25) is 0 Å². The van der Waals surface area contributed by atoms with Crippen molar-refractivity contribution in [1.29, 1.82) is 0 Å². The van der Waals surface area contributed by atoms with Crippen LogP contribution < -0.4 is 5.32 Å². The van der Waals surface area contributed by atoms with Gasteiger partial charge in [-0.3, -0.25) is 9.59 Å². The second kappa shape index (κ2) is 6.10. The van der Waals surface area contributed by atoms with Crippen LogP contribution in [0.4, 0.5) is 0 Å². The summed E-state index contributed by atoms with van der Waals surface area (Å²) in [6, 6.07) is 7.45. The van der Waals surface area contributed by atoms with Gasteiger partial charge in [0.2, 0.25) is 0 Å². The number of aliphatic imine (C=N–C) groups is 1. The van der Waals surface area contributed by atoms with E-state index in [0.29, 0.717) is 5.71 Å². The predicted octanol–water partition coefficient (Wildman–Crippen LogP) is 2.49. The molecule has 1 atom stereocenters. The lowest BCUT2D eigenvalue weighted by atomic mass is 10.0. The Bertz CT molecular complexity index is 755. The minimum absolute atomic E-state index is 0.225. The minimum Gasteiger partial charge on any atom is -0.510 e. The number of carbonyl (C=O) groups is 2. The van der Waals surface area contributed by atoms with Crippen LogP contribution in [0.1, 0.15) is 5.56 Å². The number of nitrogens with one attached hydrogen (secondary N) is 1. The molecule has 0 aromatic heterocycles. The molecule has 3 rings (SSSR count). The van der Waals surface area contributed by atoms with Gasteiger partial charge in [-0.1, -0.05) is 28.1 Å². The average Bonchev–Trinajstić information content (AvgIpc) is 2.93. The first-order valence-corrected chi connectivity index (χ1v) is 8.20. The van der Waals surface area contributed by atoms with E-state index in [1.165, 1.54) is 11.8 Å². The number of aliphatic hydroxyl groups is 1. The van der Waals surface area contributed by atoms with Crippen molar-refractivity contribution in [3.8, 4) is 0 Å². The van der Waals surface area contributed by atoms with Crippen LogP contribution in [0.3, 0.4) is 0 Å². The maximum Gasteiger partial charge on any atom is 0.286 e. The number of hydrogen-bond acceptors (Lipinski definition) is 4. The molecule has 1 unspecified atom stereocenters. The first kappa shape index (κ1) is 15.1. The van der Waals surface area contributed by atoms with Crippen LogP contribution >= 0.6 is 27.7 Å². The van der Waals surface area contributed by atoms with Gasteiger partial charge >= 0.3 is 0 Å². The van der Waals surface area contributed by atoms with Gasteiger partial charge < -0.3 is 10.4 Å². The standard InChI is InChI=1S/C15H11BrN2O3S/c16-9-3-1-2-8(6-9)7-17-14(20)11-12(19)13-10(4-5-22-13)18-15(11)21/h1-6,13,19H,7H2,(H,17,20). The van der Waals surface area contributed by atoms with Crippen LogP contribution in [-0.2, 0) is 16.1 Å². The summed E-state index contributed by atoms with van der Waals surface area (Å²) in [5, 5.41) is 14.1. The molecule has 2 aliphatic heterocycles. The number of allylic oxidation sites excluding steroid dienone is 1. The number of thioether (sulfide) groups is 1. The van der Waals surface area contributed by atoms with Crippen molar-refractivity contribution >= 4 is 45.2 Å². The summed E-state index contributed by atoms with van der Waals surface area (Å²) < 4.78 is 0.901. The van der Waals surface area contributed by atoms with Gasteiger partial charge in [-0.25, -0.2) is 4.99 Å². The van der Waals surface area contributed by atoms with Gasteiger partial charge in [0.1, 0.15) is 16.6 Å². The molecular weight excluding hydrogens is 368 g/mol. The fourth-order valence-electron chi connectivity index (χ4n) is 2.19. The highest BCUT2D eigenvalue weighted by Crippen LogP contribution is 2.32. The quantitative estimate of drug-likeness (QED) is 0.791. The Kier molecular flexibility index (Phi) is 4.17. The summed E-state index contributed by atoms with van der Waals surface area (Å²) in [6.07, 6.45) is 1.67. The van der Waals surface area contributed by atoms with Gasteiger partial charge in [0, 0.05) is 11.0 Å². The molecule has 0 spiro atoms. The molecule has 0 aliphatic carbocycles. The lowest BCUT2D eigenvalue weighted by molar-refractivity contribution is -0.122. The highest BCUT2D eigenvalue weighted by atomic mass is 79.9. The highest BCUT2D eigenvalue weighted by Gasteiger charge is 2.36. The summed E-state index contributed by atoms with van der Waals surface area (Å²) in [7, 11) is 0. The molecule has 1 aromatic carbocycles. The molecule has 2 amide bonds. The number of dihydropyridines is 1. The monoisotopic (exact) mass is 378 g/mol. The lowest BCUT2D eigenvalue weighted by Crippen LogP contribution is -2.34. The van der Waals surface area contributed by atoms with Crippen molar-refractivity contribution in [2.24, 2.45) is 4.99 Å². The van der Waals surface area contributed by atoms with Crippen LogP contribution in [-0.4, -0.2) is 27.9 Å². The molecule has 5 nitrogen and oxygen atoms in total. The number of halogens is 1. The normalized spacial score (nSPS) is 20.0. The maximum absolute atomic E-state index is 12.2. The Morgan fingerprint density at radius 3 is 3.05 bits per heavy atom.